The van der Waals surface area contributed by atoms with Crippen molar-refractivity contribution in [1.82, 2.24) is 0 Å². The summed E-state index contributed by atoms with van der Waals surface area (Å²) < 4.78 is 18.6. The van der Waals surface area contributed by atoms with Gasteiger partial charge in [-0.1, -0.05) is 11.6 Å². The molecule has 0 atom stereocenters. The highest BCUT2D eigenvalue weighted by Crippen LogP contribution is 2.22. The minimum Gasteiger partial charge on any atom is -0.493 e. The van der Waals surface area contributed by atoms with Crippen LogP contribution in [0, 0.1) is 5.82 Å². The van der Waals surface area contributed by atoms with Crippen LogP contribution in [-0.4, -0.2) is 12.4 Å². The molecule has 0 saturated heterocycles. The van der Waals surface area contributed by atoms with Crippen LogP contribution in [0.1, 0.15) is 0 Å². The van der Waals surface area contributed by atoms with Crippen molar-refractivity contribution < 1.29 is 9.13 Å². The summed E-state index contributed by atoms with van der Waals surface area (Å²) >= 11 is 7.28. The lowest BCUT2D eigenvalue weighted by Gasteiger charge is -2.06. The van der Waals surface area contributed by atoms with Crippen LogP contribution in [0.3, 0.4) is 0 Å². The van der Waals surface area contributed by atoms with Gasteiger partial charge in [0.15, 0.2) is 0 Å². The third-order valence-electron chi connectivity index (χ3n) is 2.33. The minimum atomic E-state index is -0.318. The second-order valence-corrected chi connectivity index (χ2v) is 5.48. The molecule has 19 heavy (non-hydrogen) atoms. The van der Waals surface area contributed by atoms with Crippen LogP contribution in [-0.2, 0) is 0 Å². The average Bonchev–Trinajstić information content (AvgIpc) is 2.36. The van der Waals surface area contributed by atoms with Crippen molar-refractivity contribution in [3.63, 3.8) is 0 Å². The van der Waals surface area contributed by atoms with E-state index >= 15 is 0 Å². The van der Waals surface area contributed by atoms with Crippen LogP contribution in [0.4, 0.5) is 10.1 Å². The lowest BCUT2D eigenvalue weighted by Crippen LogP contribution is -2.00. The number of halogens is 2. The topological polar surface area (TPSA) is 35.2 Å². The first-order valence-electron chi connectivity index (χ1n) is 5.71. The molecule has 2 N–H and O–H groups in total. The number of hydrogen-bond acceptors (Lipinski definition) is 3. The number of hydrogen-bond donors (Lipinski definition) is 1. The minimum absolute atomic E-state index is 0.318. The van der Waals surface area contributed by atoms with Gasteiger partial charge in [-0.15, -0.1) is 11.8 Å². The number of nitrogen functional groups attached to an aromatic ring is 1. The maximum Gasteiger partial charge on any atom is 0.126 e. The van der Waals surface area contributed by atoms with E-state index in [0.29, 0.717) is 23.1 Å². The molecule has 5 heteroatoms. The lowest BCUT2D eigenvalue weighted by molar-refractivity contribution is 0.344. The summed E-state index contributed by atoms with van der Waals surface area (Å²) in [5.74, 6) is 1.16. The standard InChI is InChI=1S/C14H13ClFNOS/c15-10-1-3-13(4-2-10)18-5-6-19-14-8-11(16)7-12(17)9-14/h1-4,7-9H,5-6,17H2. The number of thioether (sulfide) groups is 1. The highest BCUT2D eigenvalue weighted by Gasteiger charge is 2.00. The zero-order valence-corrected chi connectivity index (χ0v) is 11.7. The average molecular weight is 298 g/mol. The molecular formula is C14H13ClFNOS. The first-order valence-corrected chi connectivity index (χ1v) is 7.07. The Morgan fingerprint density at radius 3 is 2.58 bits per heavy atom. The van der Waals surface area contributed by atoms with Gasteiger partial charge in [0.05, 0.1) is 6.61 Å². The Labute approximate surface area is 120 Å². The zero-order chi connectivity index (χ0) is 13.7. The quantitative estimate of drug-likeness (QED) is 0.509. The molecule has 2 aromatic carbocycles. The van der Waals surface area contributed by atoms with Crippen LogP contribution in [0.5, 0.6) is 5.75 Å². The molecular weight excluding hydrogens is 285 g/mol. The summed E-state index contributed by atoms with van der Waals surface area (Å²) in [6.07, 6.45) is 0. The van der Waals surface area contributed by atoms with Gasteiger partial charge in [0.1, 0.15) is 11.6 Å². The van der Waals surface area contributed by atoms with Crippen molar-refractivity contribution in [2.45, 2.75) is 4.90 Å². The summed E-state index contributed by atoms with van der Waals surface area (Å²) in [5.41, 5.74) is 6.00. The fraction of sp³-hybridized carbons (Fsp3) is 0.143. The SMILES string of the molecule is Nc1cc(F)cc(SCCOc2ccc(Cl)cc2)c1. The molecule has 0 radical (unpaired) electrons. The van der Waals surface area contributed by atoms with Gasteiger partial charge >= 0.3 is 0 Å². The normalized spacial score (nSPS) is 10.4. The number of benzene rings is 2. The monoisotopic (exact) mass is 297 g/mol. The Morgan fingerprint density at radius 2 is 1.89 bits per heavy atom. The van der Waals surface area contributed by atoms with E-state index in [4.69, 9.17) is 22.1 Å². The highest BCUT2D eigenvalue weighted by atomic mass is 35.5. The van der Waals surface area contributed by atoms with Gasteiger partial charge in [-0.2, -0.15) is 0 Å². The Bertz CT molecular complexity index is 527. The fourth-order valence-corrected chi connectivity index (χ4v) is 2.46. The van der Waals surface area contributed by atoms with E-state index in [9.17, 15) is 4.39 Å². The number of nitrogens with two attached hydrogens (primary N) is 1. The molecule has 0 aliphatic heterocycles. The maximum atomic E-state index is 13.1. The molecule has 0 saturated carbocycles. The van der Waals surface area contributed by atoms with Gasteiger partial charge in [0.25, 0.3) is 0 Å². The molecule has 100 valence electrons. The molecule has 2 rings (SSSR count). The first kappa shape index (κ1) is 14.0. The zero-order valence-electron chi connectivity index (χ0n) is 10.1. The summed E-state index contributed by atoms with van der Waals surface area (Å²) in [4.78, 5) is 0.803. The molecule has 0 aliphatic rings. The molecule has 0 aromatic heterocycles. The Morgan fingerprint density at radius 1 is 1.16 bits per heavy atom. The van der Waals surface area contributed by atoms with Crippen molar-refractivity contribution in [2.24, 2.45) is 0 Å². The van der Waals surface area contributed by atoms with Crippen molar-refractivity contribution in [2.75, 3.05) is 18.1 Å². The molecule has 0 aliphatic carbocycles. The van der Waals surface area contributed by atoms with Crippen LogP contribution >= 0.6 is 23.4 Å². The number of rotatable bonds is 5. The third kappa shape index (κ3) is 4.65. The largest absolute Gasteiger partial charge is 0.493 e. The second-order valence-electron chi connectivity index (χ2n) is 3.87. The lowest BCUT2D eigenvalue weighted by atomic mass is 10.3. The molecule has 0 spiro atoms. The summed E-state index contributed by atoms with van der Waals surface area (Å²) in [6.45, 7) is 0.530. The molecule has 2 nitrogen and oxygen atoms in total. The predicted molar refractivity (Wildman–Crippen MR) is 78.5 cm³/mol. The Kier molecular flexibility index (Phi) is 4.93. The van der Waals surface area contributed by atoms with Gasteiger partial charge in [0, 0.05) is 21.4 Å². The van der Waals surface area contributed by atoms with Gasteiger partial charge in [-0.25, -0.2) is 4.39 Å². The predicted octanol–water partition coefficient (Wildman–Crippen LogP) is 4.23. The van der Waals surface area contributed by atoms with Crippen molar-refractivity contribution in [3.05, 3.63) is 53.3 Å². The Hall–Kier alpha value is -1.39. The van der Waals surface area contributed by atoms with E-state index in [2.05, 4.69) is 0 Å². The van der Waals surface area contributed by atoms with Crippen molar-refractivity contribution in [1.29, 1.82) is 0 Å². The van der Waals surface area contributed by atoms with Crippen LogP contribution in [0.15, 0.2) is 47.4 Å². The van der Waals surface area contributed by atoms with Crippen LogP contribution in [0.25, 0.3) is 0 Å². The summed E-state index contributed by atoms with van der Waals surface area (Å²) in [6, 6.07) is 11.7. The van der Waals surface area contributed by atoms with Crippen molar-refractivity contribution in [3.8, 4) is 5.75 Å². The molecule has 0 unspecified atom stereocenters. The Balaban J connectivity index is 1.79. The smallest absolute Gasteiger partial charge is 0.126 e. The number of ether oxygens (including phenoxy) is 1. The van der Waals surface area contributed by atoms with Crippen LogP contribution in [0.2, 0.25) is 5.02 Å². The van der Waals surface area contributed by atoms with E-state index in [1.807, 2.05) is 12.1 Å². The first-order chi connectivity index (χ1) is 9.13. The summed E-state index contributed by atoms with van der Waals surface area (Å²) in [5, 5.41) is 0.678. The maximum absolute atomic E-state index is 13.1. The van der Waals surface area contributed by atoms with E-state index < -0.39 is 0 Å². The van der Waals surface area contributed by atoms with Gasteiger partial charge in [-0.05, 0) is 42.5 Å². The van der Waals surface area contributed by atoms with E-state index in [1.54, 1.807) is 18.2 Å². The summed E-state index contributed by atoms with van der Waals surface area (Å²) in [7, 11) is 0. The molecule has 0 fully saturated rings. The van der Waals surface area contributed by atoms with Crippen LogP contribution < -0.4 is 10.5 Å². The second kappa shape index (κ2) is 6.68. The molecule has 0 heterocycles. The van der Waals surface area contributed by atoms with E-state index in [-0.39, 0.29) is 5.82 Å². The van der Waals surface area contributed by atoms with E-state index in [0.717, 1.165) is 10.6 Å². The molecule has 2 aromatic rings. The fourth-order valence-electron chi connectivity index (χ4n) is 1.52. The number of anilines is 1. The van der Waals surface area contributed by atoms with Gasteiger partial charge in [0.2, 0.25) is 0 Å². The third-order valence-corrected chi connectivity index (χ3v) is 3.52. The molecule has 0 bridgehead atoms. The van der Waals surface area contributed by atoms with Crippen molar-refractivity contribution >= 4 is 29.1 Å². The highest BCUT2D eigenvalue weighted by molar-refractivity contribution is 7.99. The van der Waals surface area contributed by atoms with E-state index in [1.165, 1.54) is 23.9 Å². The molecule has 0 amide bonds. The van der Waals surface area contributed by atoms with Gasteiger partial charge in [-0.3, -0.25) is 0 Å². The van der Waals surface area contributed by atoms with Gasteiger partial charge < -0.3 is 10.5 Å².